The minimum absolute atomic E-state index is 0.136. The lowest BCUT2D eigenvalue weighted by atomic mass is 10.1. The monoisotopic (exact) mass is 264 g/mol. The number of anilines is 1. The normalized spacial score (nSPS) is 19.8. The van der Waals surface area contributed by atoms with E-state index in [1.165, 1.54) is 0 Å². The second-order valence-electron chi connectivity index (χ2n) is 4.71. The number of aliphatic hydroxyl groups excluding tert-OH is 1. The van der Waals surface area contributed by atoms with Gasteiger partial charge < -0.3 is 20.1 Å². The number of ether oxygens (including phenoxy) is 1. The van der Waals surface area contributed by atoms with Crippen molar-refractivity contribution in [3.8, 4) is 5.75 Å². The Morgan fingerprint density at radius 3 is 3.00 bits per heavy atom. The second kappa shape index (κ2) is 5.93. The van der Waals surface area contributed by atoms with Crippen LogP contribution in [-0.2, 0) is 4.79 Å². The van der Waals surface area contributed by atoms with Crippen molar-refractivity contribution in [2.75, 3.05) is 31.7 Å². The Balaban J connectivity index is 2.41. The number of hydrogen-bond donors (Lipinski definition) is 2. The van der Waals surface area contributed by atoms with Crippen LogP contribution < -0.4 is 15.0 Å². The molecular weight excluding hydrogens is 244 g/mol. The molecule has 5 nitrogen and oxygen atoms in total. The van der Waals surface area contributed by atoms with Gasteiger partial charge in [0.1, 0.15) is 11.8 Å². The van der Waals surface area contributed by atoms with Crippen LogP contribution in [0.4, 0.5) is 5.69 Å². The Morgan fingerprint density at radius 2 is 2.32 bits per heavy atom. The fourth-order valence-corrected chi connectivity index (χ4v) is 2.37. The zero-order valence-electron chi connectivity index (χ0n) is 11.3. The van der Waals surface area contributed by atoms with Crippen molar-refractivity contribution in [3.63, 3.8) is 0 Å². The number of aliphatic hydroxyl groups is 1. The van der Waals surface area contributed by atoms with Crippen LogP contribution in [0.1, 0.15) is 12.0 Å². The molecule has 0 radical (unpaired) electrons. The van der Waals surface area contributed by atoms with E-state index >= 15 is 0 Å². The van der Waals surface area contributed by atoms with Gasteiger partial charge in [0, 0.05) is 13.1 Å². The molecule has 1 saturated heterocycles. The van der Waals surface area contributed by atoms with Crippen LogP contribution >= 0.6 is 0 Å². The van der Waals surface area contributed by atoms with Crippen LogP contribution in [0.25, 0.3) is 0 Å². The largest absolute Gasteiger partial charge is 0.495 e. The summed E-state index contributed by atoms with van der Waals surface area (Å²) in [6, 6.07) is 5.29. The van der Waals surface area contributed by atoms with E-state index in [1.54, 1.807) is 7.11 Å². The van der Waals surface area contributed by atoms with Gasteiger partial charge >= 0.3 is 0 Å². The van der Waals surface area contributed by atoms with Crippen LogP contribution in [0.2, 0.25) is 0 Å². The molecular formula is C14H20N2O3. The molecule has 1 unspecified atom stereocenters. The number of carbonyl (C=O) groups is 1. The zero-order chi connectivity index (χ0) is 13.8. The maximum Gasteiger partial charge on any atom is 0.245 e. The van der Waals surface area contributed by atoms with Gasteiger partial charge in [-0.2, -0.15) is 0 Å². The Bertz CT molecular complexity index is 462. The molecule has 1 atom stereocenters. The maximum absolute atomic E-state index is 12.0. The van der Waals surface area contributed by atoms with Crippen molar-refractivity contribution in [1.82, 2.24) is 5.32 Å². The summed E-state index contributed by atoms with van der Waals surface area (Å²) in [6.07, 6.45) is 0.847. The number of hydrogen-bond acceptors (Lipinski definition) is 4. The zero-order valence-corrected chi connectivity index (χ0v) is 11.3. The number of methoxy groups -OCH3 is 1. The fourth-order valence-electron chi connectivity index (χ4n) is 2.37. The highest BCUT2D eigenvalue weighted by Crippen LogP contribution is 2.31. The molecule has 1 aromatic carbocycles. The maximum atomic E-state index is 12.0. The molecule has 104 valence electrons. The second-order valence-corrected chi connectivity index (χ2v) is 4.71. The van der Waals surface area contributed by atoms with E-state index in [1.807, 2.05) is 30.0 Å². The van der Waals surface area contributed by atoms with E-state index in [-0.39, 0.29) is 12.5 Å². The van der Waals surface area contributed by atoms with Crippen molar-refractivity contribution >= 4 is 11.6 Å². The first-order valence-corrected chi connectivity index (χ1v) is 6.47. The molecule has 0 bridgehead atoms. The highest BCUT2D eigenvalue weighted by atomic mass is 16.5. The van der Waals surface area contributed by atoms with Crippen molar-refractivity contribution in [2.45, 2.75) is 19.4 Å². The molecule has 0 aliphatic carbocycles. The molecule has 1 fully saturated rings. The van der Waals surface area contributed by atoms with Gasteiger partial charge in [0.15, 0.2) is 0 Å². The number of rotatable bonds is 3. The van der Waals surface area contributed by atoms with E-state index in [2.05, 4.69) is 5.32 Å². The Hall–Kier alpha value is -1.75. The standard InChI is InChI=1S/C14H20N2O3/c1-10-4-5-13(19-2)11(8-10)16-7-3-6-15-14(18)12(16)9-17/h4-5,8,12,17H,3,6-7,9H2,1-2H3,(H,15,18). The molecule has 0 spiro atoms. The average Bonchev–Trinajstić information content (AvgIpc) is 2.60. The highest BCUT2D eigenvalue weighted by Gasteiger charge is 2.29. The number of amides is 1. The van der Waals surface area contributed by atoms with Crippen LogP contribution in [0.3, 0.4) is 0 Å². The first kappa shape index (κ1) is 13.7. The molecule has 1 amide bonds. The van der Waals surface area contributed by atoms with Crippen LogP contribution in [0.5, 0.6) is 5.75 Å². The minimum atomic E-state index is -0.557. The average molecular weight is 264 g/mol. The molecule has 1 aromatic rings. The number of aryl methyl sites for hydroxylation is 1. The lowest BCUT2D eigenvalue weighted by Crippen LogP contribution is -2.47. The fraction of sp³-hybridized carbons (Fsp3) is 0.500. The summed E-state index contributed by atoms with van der Waals surface area (Å²) < 4.78 is 5.37. The lowest BCUT2D eigenvalue weighted by molar-refractivity contribution is -0.122. The van der Waals surface area contributed by atoms with Gasteiger partial charge in [0.05, 0.1) is 19.4 Å². The summed E-state index contributed by atoms with van der Waals surface area (Å²) in [5.41, 5.74) is 1.95. The van der Waals surface area contributed by atoms with Crippen molar-refractivity contribution < 1.29 is 14.6 Å². The van der Waals surface area contributed by atoms with Gasteiger partial charge in [-0.15, -0.1) is 0 Å². The SMILES string of the molecule is COc1ccc(C)cc1N1CCCNC(=O)C1CO. The molecule has 0 aromatic heterocycles. The van der Waals surface area contributed by atoms with Gasteiger partial charge in [0.25, 0.3) is 0 Å². The summed E-state index contributed by atoms with van der Waals surface area (Å²) in [5.74, 6) is 0.585. The summed E-state index contributed by atoms with van der Waals surface area (Å²) in [7, 11) is 1.61. The van der Waals surface area contributed by atoms with E-state index in [0.29, 0.717) is 13.1 Å². The van der Waals surface area contributed by atoms with Crippen molar-refractivity contribution in [1.29, 1.82) is 0 Å². The first-order valence-electron chi connectivity index (χ1n) is 6.47. The lowest BCUT2D eigenvalue weighted by Gasteiger charge is -2.30. The third kappa shape index (κ3) is 2.81. The van der Waals surface area contributed by atoms with Gasteiger partial charge in [-0.1, -0.05) is 6.07 Å². The molecule has 1 heterocycles. The molecule has 2 N–H and O–H groups in total. The summed E-state index contributed by atoms with van der Waals surface area (Å²) in [6.45, 7) is 3.14. The van der Waals surface area contributed by atoms with Gasteiger partial charge in [0.2, 0.25) is 5.91 Å². The van der Waals surface area contributed by atoms with Crippen molar-refractivity contribution in [2.24, 2.45) is 0 Å². The van der Waals surface area contributed by atoms with E-state index in [0.717, 1.165) is 23.4 Å². The topological polar surface area (TPSA) is 61.8 Å². The van der Waals surface area contributed by atoms with Crippen LogP contribution in [0.15, 0.2) is 18.2 Å². The van der Waals surface area contributed by atoms with E-state index < -0.39 is 6.04 Å². The quantitative estimate of drug-likeness (QED) is 0.843. The number of carbonyl (C=O) groups excluding carboxylic acids is 1. The van der Waals surface area contributed by atoms with Gasteiger partial charge in [-0.3, -0.25) is 4.79 Å². The van der Waals surface area contributed by atoms with Crippen LogP contribution in [-0.4, -0.2) is 43.9 Å². The summed E-state index contributed by atoms with van der Waals surface area (Å²) in [4.78, 5) is 13.9. The molecule has 1 aliphatic rings. The van der Waals surface area contributed by atoms with Gasteiger partial charge in [-0.05, 0) is 31.0 Å². The van der Waals surface area contributed by atoms with E-state index in [9.17, 15) is 9.90 Å². The highest BCUT2D eigenvalue weighted by molar-refractivity contribution is 5.86. The Morgan fingerprint density at radius 1 is 1.53 bits per heavy atom. The number of benzene rings is 1. The predicted molar refractivity (Wildman–Crippen MR) is 73.6 cm³/mol. The molecule has 5 heteroatoms. The first-order chi connectivity index (χ1) is 9.17. The molecule has 19 heavy (non-hydrogen) atoms. The number of nitrogens with zero attached hydrogens (tertiary/aromatic N) is 1. The smallest absolute Gasteiger partial charge is 0.245 e. The molecule has 2 rings (SSSR count). The summed E-state index contributed by atoms with van der Waals surface area (Å²) >= 11 is 0. The Kier molecular flexibility index (Phi) is 4.27. The Labute approximate surface area is 113 Å². The van der Waals surface area contributed by atoms with Crippen molar-refractivity contribution in [3.05, 3.63) is 23.8 Å². The molecule has 1 aliphatic heterocycles. The molecule has 0 saturated carbocycles. The van der Waals surface area contributed by atoms with E-state index in [4.69, 9.17) is 4.74 Å². The minimum Gasteiger partial charge on any atom is -0.495 e. The van der Waals surface area contributed by atoms with Gasteiger partial charge in [-0.25, -0.2) is 0 Å². The predicted octanol–water partition coefficient (Wildman–Crippen LogP) is 0.691. The summed E-state index contributed by atoms with van der Waals surface area (Å²) in [5, 5.41) is 12.3. The van der Waals surface area contributed by atoms with Crippen LogP contribution in [0, 0.1) is 6.92 Å². The third-order valence-corrected chi connectivity index (χ3v) is 3.37. The third-order valence-electron chi connectivity index (χ3n) is 3.37. The number of nitrogens with one attached hydrogen (secondary N) is 1.